The van der Waals surface area contributed by atoms with Crippen molar-refractivity contribution in [3.8, 4) is 0 Å². The molecule has 2 nitrogen and oxygen atoms in total. The van der Waals surface area contributed by atoms with Gasteiger partial charge in [-0.2, -0.15) is 0 Å². The summed E-state index contributed by atoms with van der Waals surface area (Å²) >= 11 is 0. The predicted octanol–water partition coefficient (Wildman–Crippen LogP) is 2.59. The van der Waals surface area contributed by atoms with Crippen molar-refractivity contribution in [1.82, 2.24) is 9.55 Å². The quantitative estimate of drug-likeness (QED) is 0.691. The molecule has 68 valence electrons. The van der Waals surface area contributed by atoms with Crippen LogP contribution in [-0.2, 0) is 6.54 Å². The van der Waals surface area contributed by atoms with Crippen LogP contribution in [0.25, 0.3) is 11.0 Å². The first-order valence-electron chi connectivity index (χ1n) is 4.42. The Morgan fingerprint density at radius 3 is 3.08 bits per heavy atom. The third-order valence-corrected chi connectivity index (χ3v) is 2.07. The van der Waals surface area contributed by atoms with Crippen LogP contribution in [0.4, 0.5) is 4.39 Å². The summed E-state index contributed by atoms with van der Waals surface area (Å²) in [4.78, 5) is 4.02. The standard InChI is InChI=1S/C10H11FN2/c1-2-6-13-7-12-10-8(11)4-3-5-9(10)13/h3-5,7H,2,6H2,1H3. The van der Waals surface area contributed by atoms with E-state index in [-0.39, 0.29) is 5.82 Å². The molecule has 0 N–H and O–H groups in total. The van der Waals surface area contributed by atoms with Crippen molar-refractivity contribution in [3.63, 3.8) is 0 Å². The molecule has 0 aliphatic heterocycles. The van der Waals surface area contributed by atoms with Gasteiger partial charge < -0.3 is 4.57 Å². The van der Waals surface area contributed by atoms with E-state index in [2.05, 4.69) is 11.9 Å². The Balaban J connectivity index is 2.61. The van der Waals surface area contributed by atoms with Crippen LogP contribution in [0.3, 0.4) is 0 Å². The number of hydrogen-bond acceptors (Lipinski definition) is 1. The van der Waals surface area contributed by atoms with Crippen molar-refractivity contribution < 1.29 is 4.39 Å². The molecule has 1 aromatic heterocycles. The minimum atomic E-state index is -0.243. The van der Waals surface area contributed by atoms with Gasteiger partial charge in [-0.1, -0.05) is 13.0 Å². The maximum Gasteiger partial charge on any atom is 0.151 e. The summed E-state index contributed by atoms with van der Waals surface area (Å²) in [6, 6.07) is 5.04. The molecule has 0 radical (unpaired) electrons. The molecule has 3 heteroatoms. The van der Waals surface area contributed by atoms with Gasteiger partial charge in [-0.3, -0.25) is 0 Å². The average molecular weight is 178 g/mol. The summed E-state index contributed by atoms with van der Waals surface area (Å²) < 4.78 is 15.1. The van der Waals surface area contributed by atoms with Crippen molar-refractivity contribution in [2.24, 2.45) is 0 Å². The Labute approximate surface area is 76.0 Å². The topological polar surface area (TPSA) is 17.8 Å². The van der Waals surface area contributed by atoms with Gasteiger partial charge in [0.15, 0.2) is 5.82 Å². The predicted molar refractivity (Wildman–Crippen MR) is 50.0 cm³/mol. The first kappa shape index (κ1) is 8.23. The van der Waals surface area contributed by atoms with E-state index in [1.54, 1.807) is 12.4 Å². The Bertz CT molecular complexity index is 420. The molecule has 1 aromatic carbocycles. The molecule has 0 saturated heterocycles. The molecule has 0 saturated carbocycles. The van der Waals surface area contributed by atoms with E-state index in [9.17, 15) is 4.39 Å². The molecule has 0 aliphatic rings. The van der Waals surface area contributed by atoms with Gasteiger partial charge in [-0.25, -0.2) is 9.37 Å². The van der Waals surface area contributed by atoms with Crippen molar-refractivity contribution in [1.29, 1.82) is 0 Å². The fourth-order valence-electron chi connectivity index (χ4n) is 1.47. The lowest BCUT2D eigenvalue weighted by atomic mass is 10.3. The van der Waals surface area contributed by atoms with E-state index in [0.29, 0.717) is 5.52 Å². The highest BCUT2D eigenvalue weighted by molar-refractivity contribution is 5.75. The largest absolute Gasteiger partial charge is 0.331 e. The SMILES string of the molecule is CCCn1cnc2c(F)cccc21. The maximum absolute atomic E-state index is 13.2. The van der Waals surface area contributed by atoms with Crippen LogP contribution in [0, 0.1) is 5.82 Å². The zero-order valence-corrected chi connectivity index (χ0v) is 7.50. The van der Waals surface area contributed by atoms with Crippen LogP contribution in [0.15, 0.2) is 24.5 Å². The highest BCUT2D eigenvalue weighted by atomic mass is 19.1. The fourth-order valence-corrected chi connectivity index (χ4v) is 1.47. The molecule has 13 heavy (non-hydrogen) atoms. The monoisotopic (exact) mass is 178 g/mol. The lowest BCUT2D eigenvalue weighted by Crippen LogP contribution is -1.93. The number of para-hydroxylation sites is 1. The van der Waals surface area contributed by atoms with Crippen LogP contribution in [0.5, 0.6) is 0 Å². The van der Waals surface area contributed by atoms with Crippen LogP contribution in [-0.4, -0.2) is 9.55 Å². The Kier molecular flexibility index (Phi) is 2.00. The Morgan fingerprint density at radius 1 is 1.46 bits per heavy atom. The average Bonchev–Trinajstić information content (AvgIpc) is 2.51. The number of nitrogens with zero attached hydrogens (tertiary/aromatic N) is 2. The molecule has 1 heterocycles. The van der Waals surface area contributed by atoms with Gasteiger partial charge in [0.25, 0.3) is 0 Å². The van der Waals surface area contributed by atoms with Gasteiger partial charge >= 0.3 is 0 Å². The summed E-state index contributed by atoms with van der Waals surface area (Å²) in [5, 5.41) is 0. The third-order valence-electron chi connectivity index (χ3n) is 2.07. The second-order valence-electron chi connectivity index (χ2n) is 3.05. The van der Waals surface area contributed by atoms with Crippen LogP contribution >= 0.6 is 0 Å². The number of fused-ring (bicyclic) bond motifs is 1. The van der Waals surface area contributed by atoms with E-state index >= 15 is 0 Å². The molecular formula is C10H11FN2. The molecule has 0 spiro atoms. The highest BCUT2D eigenvalue weighted by Crippen LogP contribution is 2.15. The lowest BCUT2D eigenvalue weighted by molar-refractivity contribution is 0.637. The van der Waals surface area contributed by atoms with E-state index in [1.165, 1.54) is 6.07 Å². The van der Waals surface area contributed by atoms with Crippen molar-refractivity contribution in [3.05, 3.63) is 30.3 Å². The molecule has 0 fully saturated rings. The van der Waals surface area contributed by atoms with Crippen molar-refractivity contribution in [2.45, 2.75) is 19.9 Å². The van der Waals surface area contributed by atoms with Crippen molar-refractivity contribution >= 4 is 11.0 Å². The summed E-state index contributed by atoms with van der Waals surface area (Å²) in [6.07, 6.45) is 2.72. The van der Waals surface area contributed by atoms with Gasteiger partial charge in [-0.15, -0.1) is 0 Å². The number of rotatable bonds is 2. The maximum atomic E-state index is 13.2. The summed E-state index contributed by atoms with van der Waals surface area (Å²) in [7, 11) is 0. The second kappa shape index (κ2) is 3.17. The normalized spacial score (nSPS) is 10.9. The molecule has 0 amide bonds. The van der Waals surface area contributed by atoms with Gasteiger partial charge in [0.05, 0.1) is 11.8 Å². The van der Waals surface area contributed by atoms with Crippen molar-refractivity contribution in [2.75, 3.05) is 0 Å². The van der Waals surface area contributed by atoms with E-state index < -0.39 is 0 Å². The van der Waals surface area contributed by atoms with E-state index in [0.717, 1.165) is 18.5 Å². The smallest absolute Gasteiger partial charge is 0.151 e. The minimum absolute atomic E-state index is 0.243. The second-order valence-corrected chi connectivity index (χ2v) is 3.05. The van der Waals surface area contributed by atoms with E-state index in [1.807, 2.05) is 10.6 Å². The molecule has 2 rings (SSSR count). The van der Waals surface area contributed by atoms with Crippen LogP contribution < -0.4 is 0 Å². The summed E-state index contributed by atoms with van der Waals surface area (Å²) in [5.74, 6) is -0.243. The fraction of sp³-hybridized carbons (Fsp3) is 0.300. The van der Waals surface area contributed by atoms with Gasteiger partial charge in [0, 0.05) is 6.54 Å². The first-order valence-corrected chi connectivity index (χ1v) is 4.42. The number of hydrogen-bond donors (Lipinski definition) is 0. The zero-order chi connectivity index (χ0) is 9.26. The lowest BCUT2D eigenvalue weighted by Gasteiger charge is -1.99. The summed E-state index contributed by atoms with van der Waals surface area (Å²) in [5.41, 5.74) is 1.35. The number of imidazole rings is 1. The molecule has 0 bridgehead atoms. The van der Waals surface area contributed by atoms with Gasteiger partial charge in [0.2, 0.25) is 0 Å². The Morgan fingerprint density at radius 2 is 2.31 bits per heavy atom. The Hall–Kier alpha value is -1.38. The van der Waals surface area contributed by atoms with Gasteiger partial charge in [0.1, 0.15) is 5.52 Å². The third kappa shape index (κ3) is 1.30. The number of aromatic nitrogens is 2. The first-order chi connectivity index (χ1) is 6.33. The molecule has 0 unspecified atom stereocenters. The molecule has 2 aromatic rings. The minimum Gasteiger partial charge on any atom is -0.331 e. The molecule has 0 atom stereocenters. The van der Waals surface area contributed by atoms with Crippen LogP contribution in [0.1, 0.15) is 13.3 Å². The zero-order valence-electron chi connectivity index (χ0n) is 7.50. The molecule has 0 aliphatic carbocycles. The molecular weight excluding hydrogens is 167 g/mol. The van der Waals surface area contributed by atoms with Gasteiger partial charge in [-0.05, 0) is 18.6 Å². The highest BCUT2D eigenvalue weighted by Gasteiger charge is 2.04. The number of benzene rings is 1. The number of aryl methyl sites for hydroxylation is 1. The number of halogens is 1. The summed E-state index contributed by atoms with van der Waals surface area (Å²) in [6.45, 7) is 2.98. The van der Waals surface area contributed by atoms with E-state index in [4.69, 9.17) is 0 Å². The van der Waals surface area contributed by atoms with Crippen LogP contribution in [0.2, 0.25) is 0 Å².